The quantitative estimate of drug-likeness (QED) is 0.648. The minimum Gasteiger partial charge on any atom is -0.332 e. The second-order valence-corrected chi connectivity index (χ2v) is 8.40. The number of rotatable bonds is 4. The molecule has 3 aromatic rings. The molecule has 0 bridgehead atoms. The van der Waals surface area contributed by atoms with Gasteiger partial charge in [-0.1, -0.05) is 84.9 Å². The topological polar surface area (TPSA) is 40.6 Å². The first-order chi connectivity index (χ1) is 15.2. The van der Waals surface area contributed by atoms with E-state index in [1.165, 1.54) is 11.1 Å². The fraction of sp³-hybridized carbons (Fsp3) is 0.259. The summed E-state index contributed by atoms with van der Waals surface area (Å²) in [7, 11) is 0. The van der Waals surface area contributed by atoms with Crippen LogP contribution in [0.5, 0.6) is 0 Å². The van der Waals surface area contributed by atoms with Crippen molar-refractivity contribution < 1.29 is 9.59 Å². The van der Waals surface area contributed by atoms with Gasteiger partial charge in [-0.25, -0.2) is 0 Å². The second-order valence-electron chi connectivity index (χ2n) is 8.40. The van der Waals surface area contributed by atoms with E-state index in [1.54, 1.807) is 4.90 Å². The Balaban J connectivity index is 1.40. The third-order valence-corrected chi connectivity index (χ3v) is 6.59. The zero-order valence-corrected chi connectivity index (χ0v) is 17.5. The standard InChI is InChI=1S/C27H26N2O2/c30-26(17-24(20-9-3-1-4-10-20)21-11-5-2-6-12-21)28-18-25-23-14-8-7-13-22(23)15-16-29(25)27(31)19-28/h1-14,24-25H,15-19H2/t25-/m0/s1. The maximum absolute atomic E-state index is 13.4. The Morgan fingerprint density at radius 1 is 0.871 bits per heavy atom. The highest BCUT2D eigenvalue weighted by Gasteiger charge is 2.38. The average molecular weight is 411 g/mol. The maximum atomic E-state index is 13.4. The van der Waals surface area contributed by atoms with Gasteiger partial charge in [-0.3, -0.25) is 9.59 Å². The summed E-state index contributed by atoms with van der Waals surface area (Å²) in [6, 6.07) is 28.6. The van der Waals surface area contributed by atoms with Crippen LogP contribution in [0.1, 0.15) is 40.6 Å². The van der Waals surface area contributed by atoms with Crippen molar-refractivity contribution in [3.63, 3.8) is 0 Å². The predicted octanol–water partition coefficient (Wildman–Crippen LogP) is 4.18. The molecule has 0 saturated carbocycles. The molecule has 3 aromatic carbocycles. The van der Waals surface area contributed by atoms with Gasteiger partial charge < -0.3 is 9.80 Å². The molecular formula is C27H26N2O2. The number of carbonyl (C=O) groups is 2. The molecule has 156 valence electrons. The molecule has 4 nitrogen and oxygen atoms in total. The zero-order valence-electron chi connectivity index (χ0n) is 17.5. The van der Waals surface area contributed by atoms with Crippen LogP contribution in [0.25, 0.3) is 0 Å². The fourth-order valence-corrected chi connectivity index (χ4v) is 4.97. The molecule has 0 radical (unpaired) electrons. The highest BCUT2D eigenvalue weighted by Crippen LogP contribution is 2.34. The molecule has 1 saturated heterocycles. The summed E-state index contributed by atoms with van der Waals surface area (Å²) in [5.41, 5.74) is 4.71. The van der Waals surface area contributed by atoms with Crippen molar-refractivity contribution >= 4 is 11.8 Å². The Morgan fingerprint density at radius 2 is 1.48 bits per heavy atom. The molecule has 5 rings (SSSR count). The lowest BCUT2D eigenvalue weighted by Gasteiger charge is -2.44. The predicted molar refractivity (Wildman–Crippen MR) is 121 cm³/mol. The van der Waals surface area contributed by atoms with E-state index in [9.17, 15) is 9.59 Å². The first-order valence-electron chi connectivity index (χ1n) is 11.0. The highest BCUT2D eigenvalue weighted by molar-refractivity contribution is 5.87. The molecular weight excluding hydrogens is 384 g/mol. The van der Waals surface area contributed by atoms with E-state index in [-0.39, 0.29) is 30.3 Å². The Bertz CT molecular complexity index is 1040. The van der Waals surface area contributed by atoms with Crippen LogP contribution in [-0.2, 0) is 16.0 Å². The summed E-state index contributed by atoms with van der Waals surface area (Å²) in [4.78, 5) is 30.1. The zero-order chi connectivity index (χ0) is 21.2. The Kier molecular flexibility index (Phi) is 5.29. The van der Waals surface area contributed by atoms with E-state index in [1.807, 2.05) is 53.4 Å². The van der Waals surface area contributed by atoms with Crippen molar-refractivity contribution in [3.8, 4) is 0 Å². The fourth-order valence-electron chi connectivity index (χ4n) is 4.97. The molecule has 0 aromatic heterocycles. The van der Waals surface area contributed by atoms with Crippen molar-refractivity contribution in [1.82, 2.24) is 9.80 Å². The molecule has 0 aliphatic carbocycles. The minimum absolute atomic E-state index is 0.0262. The van der Waals surface area contributed by atoms with Crippen LogP contribution >= 0.6 is 0 Å². The van der Waals surface area contributed by atoms with E-state index < -0.39 is 0 Å². The lowest BCUT2D eigenvalue weighted by Crippen LogP contribution is -2.55. The van der Waals surface area contributed by atoms with Crippen molar-refractivity contribution in [2.75, 3.05) is 19.6 Å². The molecule has 4 heteroatoms. The first-order valence-corrected chi connectivity index (χ1v) is 11.0. The third-order valence-electron chi connectivity index (χ3n) is 6.59. The molecule has 31 heavy (non-hydrogen) atoms. The molecule has 2 heterocycles. The van der Waals surface area contributed by atoms with Gasteiger partial charge in [-0.05, 0) is 28.7 Å². The van der Waals surface area contributed by atoms with Gasteiger partial charge in [0.15, 0.2) is 0 Å². The summed E-state index contributed by atoms with van der Waals surface area (Å²) >= 11 is 0. The molecule has 0 unspecified atom stereocenters. The molecule has 1 atom stereocenters. The monoisotopic (exact) mass is 410 g/mol. The van der Waals surface area contributed by atoms with Gasteiger partial charge in [-0.15, -0.1) is 0 Å². The van der Waals surface area contributed by atoms with Gasteiger partial charge in [0.25, 0.3) is 0 Å². The number of nitrogens with zero attached hydrogens (tertiary/aromatic N) is 2. The van der Waals surface area contributed by atoms with Crippen molar-refractivity contribution in [2.24, 2.45) is 0 Å². The van der Waals surface area contributed by atoms with Crippen LogP contribution in [0.2, 0.25) is 0 Å². The van der Waals surface area contributed by atoms with Gasteiger partial charge in [0.1, 0.15) is 0 Å². The number of carbonyl (C=O) groups excluding carboxylic acids is 2. The van der Waals surface area contributed by atoms with E-state index in [0.717, 1.165) is 24.1 Å². The van der Waals surface area contributed by atoms with Gasteiger partial charge in [-0.2, -0.15) is 0 Å². The normalized spacial score (nSPS) is 18.0. The number of benzene rings is 3. The lowest BCUT2D eigenvalue weighted by molar-refractivity contribution is -0.149. The van der Waals surface area contributed by atoms with Gasteiger partial charge >= 0.3 is 0 Å². The van der Waals surface area contributed by atoms with Gasteiger partial charge in [0.05, 0.1) is 12.6 Å². The van der Waals surface area contributed by atoms with E-state index in [4.69, 9.17) is 0 Å². The number of amides is 2. The molecule has 0 spiro atoms. The third kappa shape index (κ3) is 3.86. The minimum atomic E-state index is -0.0398. The Hall–Kier alpha value is -3.40. The molecule has 2 amide bonds. The van der Waals surface area contributed by atoms with Crippen LogP contribution in [0.4, 0.5) is 0 Å². The smallest absolute Gasteiger partial charge is 0.242 e. The van der Waals surface area contributed by atoms with Crippen molar-refractivity contribution in [1.29, 1.82) is 0 Å². The number of hydrogen-bond donors (Lipinski definition) is 0. The SMILES string of the molecule is O=C(CC(c1ccccc1)c1ccccc1)N1CC(=O)N2CCc3ccccc3[C@@H]2C1. The van der Waals surface area contributed by atoms with Crippen LogP contribution in [0, 0.1) is 0 Å². The molecule has 2 aliphatic heterocycles. The molecule has 2 aliphatic rings. The maximum Gasteiger partial charge on any atom is 0.242 e. The largest absolute Gasteiger partial charge is 0.332 e. The summed E-state index contributed by atoms with van der Waals surface area (Å²) < 4.78 is 0. The van der Waals surface area contributed by atoms with Crippen molar-refractivity contribution in [3.05, 3.63) is 107 Å². The van der Waals surface area contributed by atoms with E-state index >= 15 is 0 Å². The molecule has 1 fully saturated rings. The summed E-state index contributed by atoms with van der Waals surface area (Å²) in [6.45, 7) is 1.48. The summed E-state index contributed by atoms with van der Waals surface area (Å²) in [5.74, 6) is 0.0607. The average Bonchev–Trinajstić information content (AvgIpc) is 2.83. The van der Waals surface area contributed by atoms with Crippen molar-refractivity contribution in [2.45, 2.75) is 24.8 Å². The van der Waals surface area contributed by atoms with Crippen LogP contribution in [0.3, 0.4) is 0 Å². The first kappa shape index (κ1) is 19.6. The van der Waals surface area contributed by atoms with Gasteiger partial charge in [0.2, 0.25) is 11.8 Å². The number of fused-ring (bicyclic) bond motifs is 3. The van der Waals surface area contributed by atoms with E-state index in [2.05, 4.69) is 36.4 Å². The van der Waals surface area contributed by atoms with Crippen LogP contribution < -0.4 is 0 Å². The summed E-state index contributed by atoms with van der Waals surface area (Å²) in [6.07, 6.45) is 1.24. The molecule has 0 N–H and O–H groups in total. The van der Waals surface area contributed by atoms with Gasteiger partial charge in [0, 0.05) is 25.4 Å². The second kappa shape index (κ2) is 8.38. The Labute approximate surface area is 183 Å². The summed E-state index contributed by atoms with van der Waals surface area (Å²) in [5, 5.41) is 0. The van der Waals surface area contributed by atoms with Crippen LogP contribution in [0.15, 0.2) is 84.9 Å². The van der Waals surface area contributed by atoms with E-state index in [0.29, 0.717) is 13.0 Å². The number of piperazine rings is 1. The van der Waals surface area contributed by atoms with Crippen LogP contribution in [-0.4, -0.2) is 41.2 Å². The lowest BCUT2D eigenvalue weighted by atomic mass is 9.87. The number of hydrogen-bond acceptors (Lipinski definition) is 2. The Morgan fingerprint density at radius 3 is 2.16 bits per heavy atom. The highest BCUT2D eigenvalue weighted by atomic mass is 16.2.